The lowest BCUT2D eigenvalue weighted by Gasteiger charge is -2.18. The fourth-order valence-corrected chi connectivity index (χ4v) is 3.79. The maximum absolute atomic E-state index is 12.8. The average molecular weight is 510 g/mol. The van der Waals surface area contributed by atoms with Crippen molar-refractivity contribution in [1.29, 1.82) is 0 Å². The summed E-state index contributed by atoms with van der Waals surface area (Å²) in [7, 11) is 0. The van der Waals surface area contributed by atoms with Gasteiger partial charge in [-0.1, -0.05) is 53.5 Å². The van der Waals surface area contributed by atoms with Crippen LogP contribution >= 0.6 is 35.0 Å². The Morgan fingerprint density at radius 1 is 1.18 bits per heavy atom. The van der Waals surface area contributed by atoms with E-state index in [1.165, 1.54) is 23.9 Å². The lowest BCUT2D eigenvalue weighted by Crippen LogP contribution is -2.43. The summed E-state index contributed by atoms with van der Waals surface area (Å²) in [5.41, 5.74) is 0.783. The van der Waals surface area contributed by atoms with Gasteiger partial charge in [-0.25, -0.2) is 14.4 Å². The number of rotatable bonds is 8. The van der Waals surface area contributed by atoms with Crippen molar-refractivity contribution in [2.24, 2.45) is 0 Å². The fourth-order valence-electron chi connectivity index (χ4n) is 2.98. The van der Waals surface area contributed by atoms with Gasteiger partial charge in [0, 0.05) is 11.5 Å². The number of carbonyl (C=O) groups excluding carboxylic acids is 2. The van der Waals surface area contributed by atoms with Crippen LogP contribution in [0.5, 0.6) is 5.75 Å². The molecule has 0 aliphatic rings. The average Bonchev–Trinajstić information content (AvgIpc) is 2.81. The van der Waals surface area contributed by atoms with E-state index >= 15 is 0 Å². The number of esters is 1. The molecule has 0 fully saturated rings. The van der Waals surface area contributed by atoms with Crippen LogP contribution in [0, 0.1) is 6.92 Å². The minimum absolute atomic E-state index is 0.00681. The predicted molar refractivity (Wildman–Crippen MR) is 129 cm³/mol. The van der Waals surface area contributed by atoms with E-state index in [9.17, 15) is 14.4 Å². The van der Waals surface area contributed by atoms with Crippen molar-refractivity contribution in [2.45, 2.75) is 26.0 Å². The molecule has 1 heterocycles. The van der Waals surface area contributed by atoms with Crippen molar-refractivity contribution >= 4 is 58.0 Å². The number of hydrogen-bond acceptors (Lipinski definition) is 7. The second-order valence-electron chi connectivity index (χ2n) is 7.07. The lowest BCUT2D eigenvalue weighted by molar-refractivity contribution is -0.136. The molecular weight excluding hydrogens is 489 g/mol. The Bertz CT molecular complexity index is 1220. The summed E-state index contributed by atoms with van der Waals surface area (Å²) in [5.74, 6) is -0.140. The van der Waals surface area contributed by atoms with Crippen molar-refractivity contribution < 1.29 is 23.5 Å². The molecule has 2 aromatic carbocycles. The topological polar surface area (TPSA) is 94.8 Å². The molecule has 174 valence electrons. The summed E-state index contributed by atoms with van der Waals surface area (Å²) in [6.07, 6.45) is 1.45. The van der Waals surface area contributed by atoms with Crippen LogP contribution in [-0.4, -0.2) is 30.1 Å². The predicted octanol–water partition coefficient (Wildman–Crippen LogP) is 5.36. The van der Waals surface area contributed by atoms with E-state index in [1.807, 2.05) is 36.6 Å². The minimum Gasteiger partial charge on any atom is -0.445 e. The number of hydrogen-bond donors (Lipinski definition) is 1. The minimum atomic E-state index is -0.966. The zero-order valence-electron chi connectivity index (χ0n) is 17.9. The van der Waals surface area contributed by atoms with Gasteiger partial charge >= 0.3 is 17.7 Å². The molecule has 1 amide bonds. The van der Waals surface area contributed by atoms with Crippen molar-refractivity contribution in [3.63, 3.8) is 0 Å². The molecule has 0 unspecified atom stereocenters. The molecule has 0 aliphatic heterocycles. The summed E-state index contributed by atoms with van der Waals surface area (Å²) in [6, 6.07) is 11.1. The smallest absolute Gasteiger partial charge is 0.408 e. The normalized spacial score (nSPS) is 11.8. The molecule has 1 atom stereocenters. The molecule has 1 N–H and O–H groups in total. The van der Waals surface area contributed by atoms with Gasteiger partial charge in [-0.05, 0) is 42.5 Å². The van der Waals surface area contributed by atoms with Gasteiger partial charge in [0.05, 0.1) is 5.02 Å². The van der Waals surface area contributed by atoms with Gasteiger partial charge in [-0.2, -0.15) is 11.8 Å². The number of alkyl carbamates (subject to hydrolysis) is 1. The highest BCUT2D eigenvalue weighted by atomic mass is 35.5. The van der Waals surface area contributed by atoms with E-state index in [1.54, 1.807) is 6.92 Å². The van der Waals surface area contributed by atoms with Gasteiger partial charge in [0.2, 0.25) is 0 Å². The van der Waals surface area contributed by atoms with E-state index in [0.29, 0.717) is 23.1 Å². The highest BCUT2D eigenvalue weighted by molar-refractivity contribution is 7.98. The van der Waals surface area contributed by atoms with E-state index < -0.39 is 23.7 Å². The van der Waals surface area contributed by atoms with Gasteiger partial charge < -0.3 is 19.2 Å². The molecular formula is C23H21Cl2NO6S. The second-order valence-corrected chi connectivity index (χ2v) is 8.84. The SMILES string of the molecule is CSCC[C@H](NC(=O)OCc1ccccc1)C(=O)Oc1cc2oc(=O)c(Cl)c(C)c2cc1Cl. The first-order valence-corrected chi connectivity index (χ1v) is 12.1. The van der Waals surface area contributed by atoms with E-state index in [0.717, 1.165) is 5.56 Å². The molecule has 0 bridgehead atoms. The highest BCUT2D eigenvalue weighted by Crippen LogP contribution is 2.33. The maximum atomic E-state index is 12.8. The lowest BCUT2D eigenvalue weighted by atomic mass is 10.1. The van der Waals surface area contributed by atoms with Gasteiger partial charge in [0.15, 0.2) is 5.75 Å². The first-order chi connectivity index (χ1) is 15.8. The zero-order valence-corrected chi connectivity index (χ0v) is 20.2. The van der Waals surface area contributed by atoms with Gasteiger partial charge in [-0.3, -0.25) is 0 Å². The maximum Gasteiger partial charge on any atom is 0.408 e. The van der Waals surface area contributed by atoms with Crippen molar-refractivity contribution in [2.75, 3.05) is 12.0 Å². The first kappa shape index (κ1) is 25.0. The largest absolute Gasteiger partial charge is 0.445 e. The number of fused-ring (bicyclic) bond motifs is 1. The van der Waals surface area contributed by atoms with Crippen LogP contribution in [0.4, 0.5) is 4.79 Å². The Labute approximate surface area is 204 Å². The third-order valence-corrected chi connectivity index (χ3v) is 6.14. The van der Waals surface area contributed by atoms with E-state index in [-0.39, 0.29) is 28.0 Å². The fraction of sp³-hybridized carbons (Fsp3) is 0.261. The van der Waals surface area contributed by atoms with Crippen LogP contribution in [0.3, 0.4) is 0 Å². The molecule has 1 aromatic heterocycles. The molecule has 33 heavy (non-hydrogen) atoms. The summed E-state index contributed by atoms with van der Waals surface area (Å²) >= 11 is 13.7. The van der Waals surface area contributed by atoms with Crippen LogP contribution in [0.2, 0.25) is 10.0 Å². The number of halogens is 2. The molecule has 10 heteroatoms. The Kier molecular flexibility index (Phi) is 8.66. The third-order valence-electron chi connectivity index (χ3n) is 4.76. The summed E-state index contributed by atoms with van der Waals surface area (Å²) < 4.78 is 15.8. The highest BCUT2D eigenvalue weighted by Gasteiger charge is 2.25. The van der Waals surface area contributed by atoms with Crippen LogP contribution in [0.1, 0.15) is 17.5 Å². The molecule has 0 saturated heterocycles. The standard InChI is InChI=1S/C23H21Cl2NO6S/c1-13-15-10-16(24)19(11-18(15)31-22(28)20(13)25)32-21(27)17(8-9-33-2)26-23(29)30-12-14-6-4-3-5-7-14/h3-7,10-11,17H,8-9,12H2,1-2H3,(H,26,29)/t17-/m0/s1. The van der Waals surface area contributed by atoms with Crippen LogP contribution < -0.4 is 15.7 Å². The van der Waals surface area contributed by atoms with Crippen molar-refractivity contribution in [3.8, 4) is 5.75 Å². The Morgan fingerprint density at radius 3 is 2.61 bits per heavy atom. The quantitative estimate of drug-likeness (QED) is 0.248. The van der Waals surface area contributed by atoms with E-state index in [4.69, 9.17) is 37.1 Å². The Hall–Kier alpha value is -2.68. The Balaban J connectivity index is 1.74. The molecule has 0 aliphatic carbocycles. The molecule has 3 rings (SSSR count). The van der Waals surface area contributed by atoms with Gasteiger partial charge in [0.1, 0.15) is 23.3 Å². The number of aryl methyl sites for hydroxylation is 1. The number of benzene rings is 2. The third kappa shape index (κ3) is 6.43. The number of ether oxygens (including phenoxy) is 2. The van der Waals surface area contributed by atoms with Crippen LogP contribution in [0.25, 0.3) is 11.0 Å². The van der Waals surface area contributed by atoms with E-state index in [2.05, 4.69) is 5.32 Å². The number of nitrogens with one attached hydrogen (secondary N) is 1. The molecule has 3 aromatic rings. The first-order valence-electron chi connectivity index (χ1n) is 9.90. The van der Waals surface area contributed by atoms with Crippen molar-refractivity contribution in [3.05, 3.63) is 74.1 Å². The number of carbonyl (C=O) groups is 2. The molecule has 0 radical (unpaired) electrons. The summed E-state index contributed by atoms with van der Waals surface area (Å²) in [6.45, 7) is 1.72. The van der Waals surface area contributed by atoms with Crippen molar-refractivity contribution in [1.82, 2.24) is 5.32 Å². The Morgan fingerprint density at radius 2 is 1.91 bits per heavy atom. The second kappa shape index (κ2) is 11.4. The zero-order chi connectivity index (χ0) is 24.0. The molecule has 0 saturated carbocycles. The number of amides is 1. The van der Waals surface area contributed by atoms with Crippen LogP contribution in [-0.2, 0) is 16.1 Å². The monoisotopic (exact) mass is 509 g/mol. The van der Waals surface area contributed by atoms with Crippen LogP contribution in [0.15, 0.2) is 51.7 Å². The van der Waals surface area contributed by atoms with Gasteiger partial charge in [-0.15, -0.1) is 0 Å². The van der Waals surface area contributed by atoms with Gasteiger partial charge in [0.25, 0.3) is 0 Å². The number of thioether (sulfide) groups is 1. The summed E-state index contributed by atoms with van der Waals surface area (Å²) in [5, 5.41) is 3.14. The molecule has 0 spiro atoms. The summed E-state index contributed by atoms with van der Waals surface area (Å²) in [4.78, 5) is 37.0. The molecule has 7 nitrogen and oxygen atoms in total.